The number of nitrogens with zero attached hydrogens (tertiary/aromatic N) is 1. The molecular formula is C14H14N2O2S2. The second kappa shape index (κ2) is 5.46. The Labute approximate surface area is 125 Å². The summed E-state index contributed by atoms with van der Waals surface area (Å²) >= 11 is 3.25. The molecule has 0 fully saturated rings. The SMILES string of the molecule is CSc1cccc(Nc2nc3c(s2)CCC3C(=O)O)c1. The van der Waals surface area contributed by atoms with Gasteiger partial charge in [0.05, 0.1) is 5.69 Å². The van der Waals surface area contributed by atoms with E-state index >= 15 is 0 Å². The van der Waals surface area contributed by atoms with Crippen LogP contribution in [0.3, 0.4) is 0 Å². The van der Waals surface area contributed by atoms with Gasteiger partial charge in [-0.05, 0) is 37.3 Å². The van der Waals surface area contributed by atoms with Gasteiger partial charge in [-0.2, -0.15) is 0 Å². The lowest BCUT2D eigenvalue weighted by molar-refractivity contribution is -0.138. The van der Waals surface area contributed by atoms with E-state index in [-0.39, 0.29) is 0 Å². The lowest BCUT2D eigenvalue weighted by Gasteiger charge is -2.05. The van der Waals surface area contributed by atoms with Crippen LogP contribution in [-0.2, 0) is 11.2 Å². The first-order chi connectivity index (χ1) is 9.67. The summed E-state index contributed by atoms with van der Waals surface area (Å²) in [7, 11) is 0. The molecule has 1 unspecified atom stereocenters. The summed E-state index contributed by atoms with van der Waals surface area (Å²) in [4.78, 5) is 17.9. The molecule has 1 aliphatic rings. The van der Waals surface area contributed by atoms with Crippen LogP contribution in [0.2, 0.25) is 0 Å². The number of thioether (sulfide) groups is 1. The van der Waals surface area contributed by atoms with Crippen molar-refractivity contribution in [2.24, 2.45) is 0 Å². The maximum absolute atomic E-state index is 11.2. The van der Waals surface area contributed by atoms with Crippen molar-refractivity contribution in [1.82, 2.24) is 4.98 Å². The zero-order valence-electron chi connectivity index (χ0n) is 10.9. The first-order valence-electron chi connectivity index (χ1n) is 6.31. The van der Waals surface area contributed by atoms with Crippen LogP contribution in [0.4, 0.5) is 10.8 Å². The molecule has 1 atom stereocenters. The number of aromatic nitrogens is 1. The van der Waals surface area contributed by atoms with Gasteiger partial charge in [0, 0.05) is 15.5 Å². The zero-order chi connectivity index (χ0) is 14.1. The van der Waals surface area contributed by atoms with E-state index in [1.807, 2.05) is 18.4 Å². The summed E-state index contributed by atoms with van der Waals surface area (Å²) in [6.07, 6.45) is 3.52. The predicted molar refractivity (Wildman–Crippen MR) is 82.3 cm³/mol. The Kier molecular flexibility index (Phi) is 3.67. The molecule has 0 radical (unpaired) electrons. The molecular weight excluding hydrogens is 292 g/mol. The van der Waals surface area contributed by atoms with E-state index in [2.05, 4.69) is 22.4 Å². The third-order valence-corrected chi connectivity index (χ3v) is 5.11. The molecule has 1 aliphatic carbocycles. The summed E-state index contributed by atoms with van der Waals surface area (Å²) < 4.78 is 0. The average Bonchev–Trinajstić information content (AvgIpc) is 2.98. The average molecular weight is 306 g/mol. The predicted octanol–water partition coefficient (Wildman–Crippen LogP) is 3.72. The van der Waals surface area contributed by atoms with Crippen molar-refractivity contribution in [2.75, 3.05) is 11.6 Å². The van der Waals surface area contributed by atoms with Crippen molar-refractivity contribution in [3.8, 4) is 0 Å². The molecule has 6 heteroatoms. The number of hydrogen-bond acceptors (Lipinski definition) is 5. The van der Waals surface area contributed by atoms with Gasteiger partial charge in [0.15, 0.2) is 5.13 Å². The Morgan fingerprint density at radius 1 is 1.55 bits per heavy atom. The van der Waals surface area contributed by atoms with Gasteiger partial charge < -0.3 is 10.4 Å². The Morgan fingerprint density at radius 3 is 3.15 bits per heavy atom. The standard InChI is InChI=1S/C14H14N2O2S2/c1-19-9-4-2-3-8(7-9)15-14-16-12-10(13(17)18)5-6-11(12)20-14/h2-4,7,10H,5-6H2,1H3,(H,15,16)(H,17,18). The van der Waals surface area contributed by atoms with Crippen LogP contribution in [0.15, 0.2) is 29.2 Å². The first-order valence-corrected chi connectivity index (χ1v) is 8.35. The van der Waals surface area contributed by atoms with E-state index in [1.54, 1.807) is 23.1 Å². The third-order valence-electron chi connectivity index (χ3n) is 3.34. The smallest absolute Gasteiger partial charge is 0.312 e. The number of carboxylic acids is 1. The van der Waals surface area contributed by atoms with Crippen molar-refractivity contribution in [2.45, 2.75) is 23.7 Å². The van der Waals surface area contributed by atoms with Crippen LogP contribution in [0.25, 0.3) is 0 Å². The highest BCUT2D eigenvalue weighted by molar-refractivity contribution is 7.98. The normalized spacial score (nSPS) is 16.9. The molecule has 2 N–H and O–H groups in total. The van der Waals surface area contributed by atoms with E-state index in [1.165, 1.54) is 4.90 Å². The Balaban J connectivity index is 1.82. The van der Waals surface area contributed by atoms with E-state index in [4.69, 9.17) is 5.11 Å². The highest BCUT2D eigenvalue weighted by atomic mass is 32.2. The van der Waals surface area contributed by atoms with Gasteiger partial charge in [0.25, 0.3) is 0 Å². The Hall–Kier alpha value is -1.53. The van der Waals surface area contributed by atoms with Crippen molar-refractivity contribution in [1.29, 1.82) is 0 Å². The van der Waals surface area contributed by atoms with Crippen LogP contribution in [0.1, 0.15) is 22.9 Å². The van der Waals surface area contributed by atoms with Gasteiger partial charge in [-0.15, -0.1) is 23.1 Å². The highest BCUT2D eigenvalue weighted by Crippen LogP contribution is 2.39. The maximum Gasteiger partial charge on any atom is 0.312 e. The molecule has 2 aromatic rings. The largest absolute Gasteiger partial charge is 0.481 e. The summed E-state index contributed by atoms with van der Waals surface area (Å²) in [6.45, 7) is 0. The molecule has 1 heterocycles. The molecule has 1 aromatic heterocycles. The molecule has 0 saturated carbocycles. The summed E-state index contributed by atoms with van der Waals surface area (Å²) in [5.74, 6) is -1.21. The second-order valence-electron chi connectivity index (χ2n) is 4.61. The van der Waals surface area contributed by atoms with Crippen LogP contribution in [-0.4, -0.2) is 22.3 Å². The minimum Gasteiger partial charge on any atom is -0.481 e. The van der Waals surface area contributed by atoms with Gasteiger partial charge in [-0.3, -0.25) is 4.79 Å². The second-order valence-corrected chi connectivity index (χ2v) is 6.58. The molecule has 20 heavy (non-hydrogen) atoms. The fourth-order valence-electron chi connectivity index (χ4n) is 2.35. The summed E-state index contributed by atoms with van der Waals surface area (Å²) in [5, 5.41) is 13.2. The summed E-state index contributed by atoms with van der Waals surface area (Å²) in [5.41, 5.74) is 1.72. The maximum atomic E-state index is 11.2. The highest BCUT2D eigenvalue weighted by Gasteiger charge is 2.32. The van der Waals surface area contributed by atoms with E-state index in [0.29, 0.717) is 6.42 Å². The number of rotatable bonds is 4. The monoisotopic (exact) mass is 306 g/mol. The Morgan fingerprint density at radius 2 is 2.40 bits per heavy atom. The molecule has 0 spiro atoms. The lowest BCUT2D eigenvalue weighted by Crippen LogP contribution is -2.08. The Bertz CT molecular complexity index is 654. The molecule has 1 aromatic carbocycles. The molecule has 104 valence electrons. The van der Waals surface area contributed by atoms with Gasteiger partial charge in [-0.25, -0.2) is 4.98 Å². The van der Waals surface area contributed by atoms with Crippen LogP contribution in [0.5, 0.6) is 0 Å². The molecule has 0 bridgehead atoms. The molecule has 0 aliphatic heterocycles. The number of aryl methyl sites for hydroxylation is 1. The summed E-state index contributed by atoms with van der Waals surface area (Å²) in [6, 6.07) is 8.10. The quantitative estimate of drug-likeness (QED) is 0.843. The number of benzene rings is 1. The molecule has 4 nitrogen and oxygen atoms in total. The number of carboxylic acid groups (broad SMARTS) is 1. The number of carbonyl (C=O) groups is 1. The number of aliphatic carboxylic acids is 1. The third kappa shape index (κ3) is 2.53. The topological polar surface area (TPSA) is 62.2 Å². The molecule has 3 rings (SSSR count). The van der Waals surface area contributed by atoms with Crippen LogP contribution >= 0.6 is 23.1 Å². The number of fused-ring (bicyclic) bond motifs is 1. The number of nitrogens with one attached hydrogen (secondary N) is 1. The van der Waals surface area contributed by atoms with Crippen LogP contribution < -0.4 is 5.32 Å². The fourth-order valence-corrected chi connectivity index (χ4v) is 3.86. The van der Waals surface area contributed by atoms with Crippen LogP contribution in [0, 0.1) is 0 Å². The van der Waals surface area contributed by atoms with Crippen molar-refractivity contribution in [3.05, 3.63) is 34.8 Å². The van der Waals surface area contributed by atoms with E-state index < -0.39 is 11.9 Å². The minimum atomic E-state index is -0.773. The number of thiazole rings is 1. The van der Waals surface area contributed by atoms with Crippen molar-refractivity contribution in [3.63, 3.8) is 0 Å². The fraction of sp³-hybridized carbons (Fsp3) is 0.286. The van der Waals surface area contributed by atoms with Crippen molar-refractivity contribution < 1.29 is 9.90 Å². The lowest BCUT2D eigenvalue weighted by atomic mass is 10.1. The molecule has 0 saturated heterocycles. The van der Waals surface area contributed by atoms with Gasteiger partial charge in [0.1, 0.15) is 5.92 Å². The number of anilines is 2. The van der Waals surface area contributed by atoms with Gasteiger partial charge in [-0.1, -0.05) is 6.07 Å². The van der Waals surface area contributed by atoms with Gasteiger partial charge in [0.2, 0.25) is 0 Å². The van der Waals surface area contributed by atoms with Crippen molar-refractivity contribution >= 4 is 39.9 Å². The van der Waals surface area contributed by atoms with E-state index in [9.17, 15) is 4.79 Å². The minimum absolute atomic E-state index is 0.436. The van der Waals surface area contributed by atoms with Gasteiger partial charge >= 0.3 is 5.97 Å². The zero-order valence-corrected chi connectivity index (χ0v) is 12.6. The first kappa shape index (κ1) is 13.5. The number of hydrogen-bond donors (Lipinski definition) is 2. The molecule has 0 amide bonds. The van der Waals surface area contributed by atoms with E-state index in [0.717, 1.165) is 27.8 Å².